The Labute approximate surface area is 139 Å². The first-order valence-electron chi connectivity index (χ1n) is 8.01. The lowest BCUT2D eigenvalue weighted by Gasteiger charge is -2.35. The minimum absolute atomic E-state index is 0.115. The van der Waals surface area contributed by atoms with Crippen molar-refractivity contribution in [1.82, 2.24) is 9.21 Å². The molecule has 1 aliphatic heterocycles. The largest absolute Gasteiger partial charge is 0.341 e. The number of carbonyl (C=O) groups excluding carboxylic acids is 1. The molecule has 0 radical (unpaired) electrons. The predicted octanol–water partition coefficient (Wildman–Crippen LogP) is 2.12. The Morgan fingerprint density at radius 3 is 2.22 bits per heavy atom. The second kappa shape index (κ2) is 7.01. The van der Waals surface area contributed by atoms with Crippen LogP contribution in [0.3, 0.4) is 0 Å². The van der Waals surface area contributed by atoms with Gasteiger partial charge in [-0.1, -0.05) is 31.5 Å². The zero-order chi connectivity index (χ0) is 17.2. The van der Waals surface area contributed by atoms with Gasteiger partial charge in [0.25, 0.3) is 0 Å². The highest BCUT2D eigenvalue weighted by Gasteiger charge is 2.29. The summed E-state index contributed by atoms with van der Waals surface area (Å²) in [6.45, 7) is 7.46. The fourth-order valence-electron chi connectivity index (χ4n) is 3.13. The lowest BCUT2D eigenvalue weighted by atomic mass is 9.92. The first-order valence-corrected chi connectivity index (χ1v) is 9.45. The van der Waals surface area contributed by atoms with E-state index in [2.05, 4.69) is 13.8 Å². The summed E-state index contributed by atoms with van der Waals surface area (Å²) in [6.07, 6.45) is 1.11. The van der Waals surface area contributed by atoms with Gasteiger partial charge in [0.1, 0.15) is 0 Å². The molecule has 1 amide bonds. The van der Waals surface area contributed by atoms with Crippen molar-refractivity contribution in [3.63, 3.8) is 0 Å². The normalized spacial score (nSPS) is 22.4. The molecular weight excluding hydrogens is 312 g/mol. The van der Waals surface area contributed by atoms with E-state index in [1.165, 1.54) is 7.05 Å². The highest BCUT2D eigenvalue weighted by molar-refractivity contribution is 7.89. The van der Waals surface area contributed by atoms with Gasteiger partial charge in [0, 0.05) is 20.1 Å². The molecule has 5 nitrogen and oxygen atoms in total. The SMILES string of the molecule is Cc1ccc(S(=O)(=O)N(C)CC(=O)N2CC(C)CC(C)C2)cc1. The van der Waals surface area contributed by atoms with Crippen molar-refractivity contribution >= 4 is 15.9 Å². The van der Waals surface area contributed by atoms with Crippen LogP contribution in [0.5, 0.6) is 0 Å². The minimum atomic E-state index is -3.63. The number of hydrogen-bond donors (Lipinski definition) is 0. The monoisotopic (exact) mass is 338 g/mol. The number of nitrogens with zero attached hydrogens (tertiary/aromatic N) is 2. The third kappa shape index (κ3) is 4.32. The van der Waals surface area contributed by atoms with Gasteiger partial charge in [-0.15, -0.1) is 0 Å². The predicted molar refractivity (Wildman–Crippen MR) is 90.5 cm³/mol. The van der Waals surface area contributed by atoms with E-state index in [1.54, 1.807) is 29.2 Å². The molecule has 0 aliphatic carbocycles. The Balaban J connectivity index is 2.06. The molecule has 0 bridgehead atoms. The third-order valence-corrected chi connectivity index (χ3v) is 6.13. The number of amides is 1. The highest BCUT2D eigenvalue weighted by atomic mass is 32.2. The van der Waals surface area contributed by atoms with E-state index in [9.17, 15) is 13.2 Å². The second-order valence-electron chi connectivity index (χ2n) is 6.82. The third-order valence-electron chi connectivity index (χ3n) is 4.31. The van der Waals surface area contributed by atoms with Crippen molar-refractivity contribution in [1.29, 1.82) is 0 Å². The summed E-state index contributed by atoms with van der Waals surface area (Å²) in [5.41, 5.74) is 0.999. The molecule has 128 valence electrons. The van der Waals surface area contributed by atoms with Gasteiger partial charge >= 0.3 is 0 Å². The zero-order valence-electron chi connectivity index (χ0n) is 14.3. The number of likely N-dealkylation sites (tertiary alicyclic amines) is 1. The number of hydrogen-bond acceptors (Lipinski definition) is 3. The molecule has 2 rings (SSSR count). The Morgan fingerprint density at radius 2 is 1.70 bits per heavy atom. The lowest BCUT2D eigenvalue weighted by Crippen LogP contribution is -2.47. The van der Waals surface area contributed by atoms with Crippen LogP contribution in [0, 0.1) is 18.8 Å². The van der Waals surface area contributed by atoms with Crippen LogP contribution in [0.1, 0.15) is 25.8 Å². The maximum atomic E-state index is 12.5. The van der Waals surface area contributed by atoms with Crippen molar-refractivity contribution in [3.8, 4) is 0 Å². The molecule has 0 aromatic heterocycles. The maximum absolute atomic E-state index is 12.5. The number of rotatable bonds is 4. The number of aryl methyl sites for hydroxylation is 1. The van der Waals surface area contributed by atoms with Crippen molar-refractivity contribution in [2.45, 2.75) is 32.1 Å². The lowest BCUT2D eigenvalue weighted by molar-refractivity contribution is -0.133. The van der Waals surface area contributed by atoms with Crippen LogP contribution < -0.4 is 0 Å². The molecule has 0 spiro atoms. The van der Waals surface area contributed by atoms with Crippen LogP contribution in [0.2, 0.25) is 0 Å². The molecular formula is C17H26N2O3S. The van der Waals surface area contributed by atoms with E-state index in [-0.39, 0.29) is 17.3 Å². The quantitative estimate of drug-likeness (QED) is 0.845. The Bertz CT molecular complexity index is 645. The number of benzene rings is 1. The average Bonchev–Trinajstić information content (AvgIpc) is 2.46. The molecule has 0 N–H and O–H groups in total. The summed E-state index contributed by atoms with van der Waals surface area (Å²) in [5, 5.41) is 0. The summed E-state index contributed by atoms with van der Waals surface area (Å²) in [4.78, 5) is 14.5. The first kappa shape index (κ1) is 17.9. The van der Waals surface area contributed by atoms with E-state index in [4.69, 9.17) is 0 Å². The van der Waals surface area contributed by atoms with E-state index in [0.29, 0.717) is 24.9 Å². The van der Waals surface area contributed by atoms with Crippen molar-refractivity contribution < 1.29 is 13.2 Å². The number of carbonyl (C=O) groups is 1. The smallest absolute Gasteiger partial charge is 0.243 e. The molecule has 1 aromatic carbocycles. The maximum Gasteiger partial charge on any atom is 0.243 e. The van der Waals surface area contributed by atoms with Gasteiger partial charge in [-0.05, 0) is 37.3 Å². The van der Waals surface area contributed by atoms with Gasteiger partial charge < -0.3 is 4.90 Å². The van der Waals surface area contributed by atoms with Crippen molar-refractivity contribution in [2.24, 2.45) is 11.8 Å². The molecule has 1 heterocycles. The zero-order valence-corrected chi connectivity index (χ0v) is 15.1. The van der Waals surface area contributed by atoms with Crippen LogP contribution in [-0.2, 0) is 14.8 Å². The van der Waals surface area contributed by atoms with Gasteiger partial charge in [0.2, 0.25) is 15.9 Å². The Kier molecular flexibility index (Phi) is 5.47. The summed E-state index contributed by atoms with van der Waals surface area (Å²) >= 11 is 0. The average molecular weight is 338 g/mol. The van der Waals surface area contributed by atoms with Crippen molar-refractivity contribution in [2.75, 3.05) is 26.7 Å². The topological polar surface area (TPSA) is 57.7 Å². The van der Waals surface area contributed by atoms with Crippen LogP contribution >= 0.6 is 0 Å². The first-order chi connectivity index (χ1) is 10.7. The number of sulfonamides is 1. The van der Waals surface area contributed by atoms with Crippen LogP contribution in [-0.4, -0.2) is 50.2 Å². The van der Waals surface area contributed by atoms with Gasteiger partial charge in [-0.25, -0.2) is 8.42 Å². The molecule has 0 saturated carbocycles. The molecule has 1 aliphatic rings. The molecule has 1 aromatic rings. The Morgan fingerprint density at radius 1 is 1.17 bits per heavy atom. The van der Waals surface area contributed by atoms with E-state index in [1.807, 2.05) is 6.92 Å². The number of likely N-dealkylation sites (N-methyl/N-ethyl adjacent to an activating group) is 1. The standard InChI is InChI=1S/C17H26N2O3S/c1-13-5-7-16(8-6-13)23(21,22)18(4)12-17(20)19-10-14(2)9-15(3)11-19/h5-8,14-15H,9-12H2,1-4H3. The van der Waals surface area contributed by atoms with E-state index < -0.39 is 10.0 Å². The van der Waals surface area contributed by atoms with E-state index >= 15 is 0 Å². The summed E-state index contributed by atoms with van der Waals surface area (Å²) in [5.74, 6) is 0.796. The minimum Gasteiger partial charge on any atom is -0.341 e. The van der Waals surface area contributed by atoms with Crippen LogP contribution in [0.15, 0.2) is 29.2 Å². The summed E-state index contributed by atoms with van der Waals surface area (Å²) in [7, 11) is -2.17. The van der Waals surface area contributed by atoms with Gasteiger partial charge in [0.15, 0.2) is 0 Å². The van der Waals surface area contributed by atoms with Crippen molar-refractivity contribution in [3.05, 3.63) is 29.8 Å². The molecule has 2 unspecified atom stereocenters. The highest BCUT2D eigenvalue weighted by Crippen LogP contribution is 2.21. The number of piperidine rings is 1. The van der Waals surface area contributed by atoms with E-state index in [0.717, 1.165) is 16.3 Å². The van der Waals surface area contributed by atoms with Crippen LogP contribution in [0.25, 0.3) is 0 Å². The molecule has 2 atom stereocenters. The second-order valence-corrected chi connectivity index (χ2v) is 8.86. The summed E-state index contributed by atoms with van der Waals surface area (Å²) in [6, 6.07) is 6.68. The summed E-state index contributed by atoms with van der Waals surface area (Å²) < 4.78 is 26.2. The molecule has 1 fully saturated rings. The fourth-order valence-corrected chi connectivity index (χ4v) is 4.25. The Hall–Kier alpha value is -1.40. The molecule has 23 heavy (non-hydrogen) atoms. The van der Waals surface area contributed by atoms with Gasteiger partial charge in [0.05, 0.1) is 11.4 Å². The van der Waals surface area contributed by atoms with Crippen LogP contribution in [0.4, 0.5) is 0 Å². The van der Waals surface area contributed by atoms with Gasteiger partial charge in [-0.3, -0.25) is 4.79 Å². The van der Waals surface area contributed by atoms with Gasteiger partial charge in [-0.2, -0.15) is 4.31 Å². The fraction of sp³-hybridized carbons (Fsp3) is 0.588. The molecule has 1 saturated heterocycles. The molecule has 6 heteroatoms.